The molecule has 0 bridgehead atoms. The first-order valence-corrected chi connectivity index (χ1v) is 6.21. The topological polar surface area (TPSA) is 20.3 Å². The fraction of sp³-hybridized carbons (Fsp3) is 0.909. The number of rotatable bonds is 6. The van der Waals surface area contributed by atoms with Gasteiger partial charge in [-0.25, -0.2) is 0 Å². The molecule has 0 saturated carbocycles. The number of hydrogen-bond donors (Lipinski definition) is 1. The van der Waals surface area contributed by atoms with Crippen LogP contribution in [0.25, 0.3) is 0 Å². The largest absolute Gasteiger partial charge is 0.343 e. The van der Waals surface area contributed by atoms with Gasteiger partial charge in [0.15, 0.2) is 0 Å². The zero-order chi connectivity index (χ0) is 10.4. The molecule has 1 atom stereocenters. The van der Waals surface area contributed by atoms with Gasteiger partial charge in [0, 0.05) is 24.8 Å². The second-order valence-electron chi connectivity index (χ2n) is 4.07. The lowest BCUT2D eigenvalue weighted by Gasteiger charge is -2.16. The van der Waals surface area contributed by atoms with Crippen molar-refractivity contribution in [2.75, 3.05) is 13.1 Å². The summed E-state index contributed by atoms with van der Waals surface area (Å²) in [6, 6.07) is 0. The molecule has 1 fully saturated rings. The van der Waals surface area contributed by atoms with E-state index in [0.717, 1.165) is 38.8 Å². The molecule has 1 heterocycles. The van der Waals surface area contributed by atoms with E-state index in [0.29, 0.717) is 11.2 Å². The van der Waals surface area contributed by atoms with E-state index < -0.39 is 0 Å². The molecule has 2 nitrogen and oxygen atoms in total. The molecule has 0 spiro atoms. The van der Waals surface area contributed by atoms with E-state index in [2.05, 4.69) is 19.6 Å². The maximum absolute atomic E-state index is 11.3. The van der Waals surface area contributed by atoms with E-state index >= 15 is 0 Å². The van der Waals surface area contributed by atoms with Gasteiger partial charge >= 0.3 is 0 Å². The van der Waals surface area contributed by atoms with Crippen molar-refractivity contribution < 1.29 is 4.79 Å². The van der Waals surface area contributed by atoms with E-state index in [1.807, 2.05) is 4.90 Å². The SMILES string of the molecule is CCCC(S)CCCN1CCCC1=O. The second-order valence-corrected chi connectivity index (χ2v) is 4.80. The van der Waals surface area contributed by atoms with Gasteiger partial charge in [0.2, 0.25) is 5.91 Å². The van der Waals surface area contributed by atoms with Gasteiger partial charge in [-0.1, -0.05) is 13.3 Å². The van der Waals surface area contributed by atoms with Crippen molar-refractivity contribution in [1.29, 1.82) is 0 Å². The highest BCUT2D eigenvalue weighted by Gasteiger charge is 2.19. The first-order chi connectivity index (χ1) is 6.74. The Morgan fingerprint density at radius 2 is 2.29 bits per heavy atom. The summed E-state index contributed by atoms with van der Waals surface area (Å²) in [6.45, 7) is 4.11. The predicted molar refractivity (Wildman–Crippen MR) is 62.7 cm³/mol. The van der Waals surface area contributed by atoms with Crippen molar-refractivity contribution >= 4 is 18.5 Å². The second kappa shape index (κ2) is 6.33. The average Bonchev–Trinajstić information content (AvgIpc) is 2.52. The molecule has 0 aliphatic carbocycles. The fourth-order valence-corrected chi connectivity index (χ4v) is 2.38. The van der Waals surface area contributed by atoms with E-state index in [1.54, 1.807) is 0 Å². The van der Waals surface area contributed by atoms with Gasteiger partial charge in [-0.15, -0.1) is 0 Å². The van der Waals surface area contributed by atoms with Crippen LogP contribution in [0.3, 0.4) is 0 Å². The number of amides is 1. The van der Waals surface area contributed by atoms with E-state index in [-0.39, 0.29) is 0 Å². The van der Waals surface area contributed by atoms with Crippen molar-refractivity contribution in [2.45, 2.75) is 50.7 Å². The van der Waals surface area contributed by atoms with Crippen LogP contribution in [0.1, 0.15) is 45.4 Å². The van der Waals surface area contributed by atoms with Crippen molar-refractivity contribution in [3.8, 4) is 0 Å². The van der Waals surface area contributed by atoms with Crippen LogP contribution in [0.2, 0.25) is 0 Å². The molecule has 0 aromatic heterocycles. The Bertz CT molecular complexity index is 184. The molecular weight excluding hydrogens is 194 g/mol. The van der Waals surface area contributed by atoms with Crippen molar-refractivity contribution in [3.63, 3.8) is 0 Å². The predicted octanol–water partition coefficient (Wildman–Crippen LogP) is 2.49. The van der Waals surface area contributed by atoms with Crippen LogP contribution in [0, 0.1) is 0 Å². The summed E-state index contributed by atoms with van der Waals surface area (Å²) in [5.74, 6) is 0.344. The molecule has 1 amide bonds. The molecular formula is C11H21NOS. The quantitative estimate of drug-likeness (QED) is 0.675. The van der Waals surface area contributed by atoms with Crippen LogP contribution in [-0.4, -0.2) is 29.1 Å². The summed E-state index contributed by atoms with van der Waals surface area (Å²) in [4.78, 5) is 13.3. The van der Waals surface area contributed by atoms with Gasteiger partial charge in [0.1, 0.15) is 0 Å². The summed E-state index contributed by atoms with van der Waals surface area (Å²) >= 11 is 4.51. The Balaban J connectivity index is 2.05. The van der Waals surface area contributed by atoms with Crippen LogP contribution in [0.15, 0.2) is 0 Å². The maximum atomic E-state index is 11.3. The smallest absolute Gasteiger partial charge is 0.222 e. The zero-order valence-electron chi connectivity index (χ0n) is 9.04. The van der Waals surface area contributed by atoms with Crippen LogP contribution < -0.4 is 0 Å². The molecule has 82 valence electrons. The van der Waals surface area contributed by atoms with Gasteiger partial charge in [-0.3, -0.25) is 4.79 Å². The molecule has 1 saturated heterocycles. The molecule has 14 heavy (non-hydrogen) atoms. The Morgan fingerprint density at radius 1 is 1.50 bits per heavy atom. The Labute approximate surface area is 92.5 Å². The average molecular weight is 215 g/mol. The number of nitrogens with zero attached hydrogens (tertiary/aromatic N) is 1. The molecule has 1 aliphatic rings. The maximum Gasteiger partial charge on any atom is 0.222 e. The number of carbonyl (C=O) groups is 1. The number of likely N-dealkylation sites (tertiary alicyclic amines) is 1. The van der Waals surface area contributed by atoms with Gasteiger partial charge in [-0.05, 0) is 25.7 Å². The van der Waals surface area contributed by atoms with Gasteiger partial charge < -0.3 is 4.90 Å². The van der Waals surface area contributed by atoms with Gasteiger partial charge in [0.25, 0.3) is 0 Å². The van der Waals surface area contributed by atoms with E-state index in [1.165, 1.54) is 12.8 Å². The molecule has 3 heteroatoms. The lowest BCUT2D eigenvalue weighted by molar-refractivity contribution is -0.127. The van der Waals surface area contributed by atoms with Gasteiger partial charge in [-0.2, -0.15) is 12.6 Å². The molecule has 0 aromatic carbocycles. The third-order valence-corrected chi connectivity index (χ3v) is 3.28. The Kier molecular flexibility index (Phi) is 5.38. The van der Waals surface area contributed by atoms with Crippen molar-refractivity contribution in [3.05, 3.63) is 0 Å². The van der Waals surface area contributed by atoms with Crippen LogP contribution in [0.5, 0.6) is 0 Å². The zero-order valence-corrected chi connectivity index (χ0v) is 9.93. The molecule has 0 aromatic rings. The van der Waals surface area contributed by atoms with Crippen molar-refractivity contribution in [1.82, 2.24) is 4.90 Å². The standard InChI is InChI=1S/C11H21NOS/c1-2-5-10(14)6-3-8-12-9-4-7-11(12)13/h10,14H,2-9H2,1H3. The summed E-state index contributed by atoms with van der Waals surface area (Å²) < 4.78 is 0. The Hall–Kier alpha value is -0.180. The number of carbonyl (C=O) groups excluding carboxylic acids is 1. The van der Waals surface area contributed by atoms with Crippen molar-refractivity contribution in [2.24, 2.45) is 0 Å². The van der Waals surface area contributed by atoms with Crippen LogP contribution >= 0.6 is 12.6 Å². The highest BCUT2D eigenvalue weighted by molar-refractivity contribution is 7.80. The van der Waals surface area contributed by atoms with Crippen LogP contribution in [-0.2, 0) is 4.79 Å². The molecule has 0 radical (unpaired) electrons. The minimum absolute atomic E-state index is 0.344. The minimum Gasteiger partial charge on any atom is -0.343 e. The first-order valence-electron chi connectivity index (χ1n) is 5.70. The highest BCUT2D eigenvalue weighted by atomic mass is 32.1. The number of hydrogen-bond acceptors (Lipinski definition) is 2. The normalized spacial score (nSPS) is 19.0. The lowest BCUT2D eigenvalue weighted by atomic mass is 10.1. The summed E-state index contributed by atoms with van der Waals surface area (Å²) in [6.07, 6.45) is 6.46. The Morgan fingerprint density at radius 3 is 2.86 bits per heavy atom. The fourth-order valence-electron chi connectivity index (χ4n) is 1.94. The third kappa shape index (κ3) is 3.91. The summed E-state index contributed by atoms with van der Waals surface area (Å²) in [5.41, 5.74) is 0. The molecule has 1 aliphatic heterocycles. The number of thiol groups is 1. The molecule has 0 N–H and O–H groups in total. The minimum atomic E-state index is 0.344. The highest BCUT2D eigenvalue weighted by Crippen LogP contribution is 2.14. The lowest BCUT2D eigenvalue weighted by Crippen LogP contribution is -2.26. The summed E-state index contributed by atoms with van der Waals surface area (Å²) in [7, 11) is 0. The van der Waals surface area contributed by atoms with E-state index in [4.69, 9.17) is 0 Å². The summed E-state index contributed by atoms with van der Waals surface area (Å²) in [5, 5.41) is 0.526. The first kappa shape index (κ1) is 11.9. The molecule has 1 unspecified atom stereocenters. The van der Waals surface area contributed by atoms with Crippen LogP contribution in [0.4, 0.5) is 0 Å². The van der Waals surface area contributed by atoms with Gasteiger partial charge in [0.05, 0.1) is 0 Å². The van der Waals surface area contributed by atoms with E-state index in [9.17, 15) is 4.79 Å². The monoisotopic (exact) mass is 215 g/mol. The molecule has 1 rings (SSSR count). The third-order valence-electron chi connectivity index (χ3n) is 2.76.